The summed E-state index contributed by atoms with van der Waals surface area (Å²) in [6.45, 7) is 2.28. The van der Waals surface area contributed by atoms with E-state index in [1.54, 1.807) is 0 Å². The average molecular weight is 245 g/mol. The molecule has 0 heterocycles. The monoisotopic (exact) mass is 244 g/mol. The molecule has 1 unspecified atom stereocenters. The Labute approximate surface area is 107 Å². The van der Waals surface area contributed by atoms with Crippen LogP contribution in [0.25, 0.3) is 0 Å². The molecule has 16 heavy (non-hydrogen) atoms. The van der Waals surface area contributed by atoms with Crippen molar-refractivity contribution in [1.29, 1.82) is 0 Å². The zero-order chi connectivity index (χ0) is 11.6. The molecule has 0 radical (unpaired) electrons. The maximum atomic E-state index is 6.28. The van der Waals surface area contributed by atoms with Crippen molar-refractivity contribution in [3.05, 3.63) is 0 Å². The van der Waals surface area contributed by atoms with Crippen LogP contribution >= 0.6 is 11.6 Å². The third-order valence-electron chi connectivity index (χ3n) is 3.72. The Morgan fingerprint density at radius 3 is 1.88 bits per heavy atom. The highest BCUT2D eigenvalue weighted by Gasteiger charge is 2.28. The molecule has 0 saturated heterocycles. The fraction of sp³-hybridized carbons (Fsp3) is 1.00. The van der Waals surface area contributed by atoms with Crippen LogP contribution in [-0.2, 0) is 0 Å². The van der Waals surface area contributed by atoms with Crippen LogP contribution in [0.5, 0.6) is 0 Å². The first-order chi connectivity index (χ1) is 7.84. The van der Waals surface area contributed by atoms with Gasteiger partial charge in [-0.15, -0.1) is 11.6 Å². The first-order valence-corrected chi connectivity index (χ1v) is 7.92. The lowest BCUT2D eigenvalue weighted by molar-refractivity contribution is 0.543. The van der Waals surface area contributed by atoms with Gasteiger partial charge in [-0.2, -0.15) is 0 Å². The lowest BCUT2D eigenvalue weighted by atomic mass is 10.0. The maximum absolute atomic E-state index is 6.28. The molecule has 1 fully saturated rings. The third-order valence-corrected chi connectivity index (χ3v) is 4.29. The number of hydrogen-bond donors (Lipinski definition) is 0. The van der Waals surface area contributed by atoms with Crippen molar-refractivity contribution in [3.8, 4) is 0 Å². The lowest BCUT2D eigenvalue weighted by Crippen LogP contribution is -2.00. The molecule has 1 saturated carbocycles. The van der Waals surface area contributed by atoms with E-state index in [9.17, 15) is 0 Å². The molecule has 0 aromatic rings. The molecule has 0 amide bonds. The van der Waals surface area contributed by atoms with E-state index < -0.39 is 0 Å². The normalized spacial score (nSPS) is 17.6. The SMILES string of the molecule is CCCCCCCCCCCC(Cl)C1CC1. The number of unbranched alkanes of at least 4 members (excludes halogenated alkanes) is 8. The maximum Gasteiger partial charge on any atom is 0.0364 e. The molecule has 0 bridgehead atoms. The summed E-state index contributed by atoms with van der Waals surface area (Å²) in [6, 6.07) is 0. The second kappa shape index (κ2) is 9.33. The molecule has 0 aromatic carbocycles. The van der Waals surface area contributed by atoms with E-state index in [0.717, 1.165) is 5.92 Å². The molecule has 0 spiro atoms. The minimum absolute atomic E-state index is 0.504. The Morgan fingerprint density at radius 1 is 0.875 bits per heavy atom. The van der Waals surface area contributed by atoms with Crippen molar-refractivity contribution in [1.82, 2.24) is 0 Å². The van der Waals surface area contributed by atoms with Crippen LogP contribution < -0.4 is 0 Å². The first-order valence-electron chi connectivity index (χ1n) is 7.48. The van der Waals surface area contributed by atoms with Crippen molar-refractivity contribution in [3.63, 3.8) is 0 Å². The fourth-order valence-electron chi connectivity index (χ4n) is 2.34. The molecule has 0 nitrogen and oxygen atoms in total. The van der Waals surface area contributed by atoms with Gasteiger partial charge in [0.05, 0.1) is 0 Å². The molecular formula is C15H29Cl. The molecule has 96 valence electrons. The smallest absolute Gasteiger partial charge is 0.0364 e. The molecule has 0 N–H and O–H groups in total. The second-order valence-corrected chi connectivity index (χ2v) is 6.03. The lowest BCUT2D eigenvalue weighted by Gasteiger charge is -2.07. The molecule has 1 rings (SSSR count). The zero-order valence-electron chi connectivity index (χ0n) is 11.0. The number of hydrogen-bond acceptors (Lipinski definition) is 0. The summed E-state index contributed by atoms with van der Waals surface area (Å²) in [4.78, 5) is 0. The van der Waals surface area contributed by atoms with E-state index in [-0.39, 0.29) is 0 Å². The van der Waals surface area contributed by atoms with Crippen molar-refractivity contribution < 1.29 is 0 Å². The van der Waals surface area contributed by atoms with Gasteiger partial charge >= 0.3 is 0 Å². The Bertz CT molecular complexity index is 152. The molecule has 0 aliphatic heterocycles. The molecule has 1 aliphatic rings. The van der Waals surface area contributed by atoms with Crippen LogP contribution in [0.4, 0.5) is 0 Å². The Morgan fingerprint density at radius 2 is 1.38 bits per heavy atom. The van der Waals surface area contributed by atoms with Crippen molar-refractivity contribution in [2.24, 2.45) is 5.92 Å². The average Bonchev–Trinajstić information content (AvgIpc) is 3.10. The Balaban J connectivity index is 1.71. The van der Waals surface area contributed by atoms with E-state index in [1.165, 1.54) is 77.0 Å². The van der Waals surface area contributed by atoms with Crippen molar-refractivity contribution >= 4 is 11.6 Å². The minimum Gasteiger partial charge on any atom is -0.123 e. The predicted molar refractivity (Wildman–Crippen MR) is 74.2 cm³/mol. The van der Waals surface area contributed by atoms with Gasteiger partial charge in [0.25, 0.3) is 0 Å². The molecule has 1 heteroatoms. The third kappa shape index (κ3) is 7.54. The molecule has 1 aliphatic carbocycles. The largest absolute Gasteiger partial charge is 0.123 e. The summed E-state index contributed by atoms with van der Waals surface area (Å²) >= 11 is 6.28. The standard InChI is InChI=1S/C15H29Cl/c1-2-3-4-5-6-7-8-9-10-11-15(16)14-12-13-14/h14-15H,2-13H2,1H3. The minimum atomic E-state index is 0.504. The summed E-state index contributed by atoms with van der Waals surface area (Å²) in [6.07, 6.45) is 16.8. The van der Waals surface area contributed by atoms with Crippen LogP contribution in [0.1, 0.15) is 84.0 Å². The van der Waals surface area contributed by atoms with Crippen LogP contribution in [0.3, 0.4) is 0 Å². The van der Waals surface area contributed by atoms with Crippen LogP contribution in [0, 0.1) is 5.92 Å². The van der Waals surface area contributed by atoms with Gasteiger partial charge in [-0.3, -0.25) is 0 Å². The quantitative estimate of drug-likeness (QED) is 0.312. The zero-order valence-corrected chi connectivity index (χ0v) is 11.8. The van der Waals surface area contributed by atoms with E-state index in [0.29, 0.717) is 5.38 Å². The van der Waals surface area contributed by atoms with E-state index >= 15 is 0 Å². The van der Waals surface area contributed by atoms with Crippen LogP contribution in [0.15, 0.2) is 0 Å². The van der Waals surface area contributed by atoms with Gasteiger partial charge in [0.2, 0.25) is 0 Å². The Kier molecular flexibility index (Phi) is 8.37. The highest BCUT2D eigenvalue weighted by molar-refractivity contribution is 6.20. The summed E-state index contributed by atoms with van der Waals surface area (Å²) < 4.78 is 0. The van der Waals surface area contributed by atoms with Gasteiger partial charge in [-0.05, 0) is 25.2 Å². The summed E-state index contributed by atoms with van der Waals surface area (Å²) in [5.74, 6) is 0.885. The van der Waals surface area contributed by atoms with Gasteiger partial charge in [-0.1, -0.05) is 64.7 Å². The first kappa shape index (κ1) is 14.4. The van der Waals surface area contributed by atoms with E-state index in [2.05, 4.69) is 6.92 Å². The van der Waals surface area contributed by atoms with Gasteiger partial charge in [0.15, 0.2) is 0 Å². The second-order valence-electron chi connectivity index (χ2n) is 5.47. The van der Waals surface area contributed by atoms with Crippen LogP contribution in [-0.4, -0.2) is 5.38 Å². The predicted octanol–water partition coefficient (Wildman–Crippen LogP) is 5.92. The van der Waals surface area contributed by atoms with Crippen molar-refractivity contribution in [2.75, 3.05) is 0 Å². The fourth-order valence-corrected chi connectivity index (χ4v) is 2.75. The number of halogens is 1. The van der Waals surface area contributed by atoms with Gasteiger partial charge < -0.3 is 0 Å². The summed E-state index contributed by atoms with van der Waals surface area (Å²) in [5, 5.41) is 0.504. The van der Waals surface area contributed by atoms with Crippen LogP contribution in [0.2, 0.25) is 0 Å². The number of rotatable bonds is 11. The highest BCUT2D eigenvalue weighted by atomic mass is 35.5. The summed E-state index contributed by atoms with van der Waals surface area (Å²) in [7, 11) is 0. The van der Waals surface area contributed by atoms with Gasteiger partial charge in [0.1, 0.15) is 0 Å². The number of alkyl halides is 1. The molecule has 0 aromatic heterocycles. The molecule has 1 atom stereocenters. The highest BCUT2D eigenvalue weighted by Crippen LogP contribution is 2.37. The molecular weight excluding hydrogens is 216 g/mol. The Hall–Kier alpha value is 0.290. The van der Waals surface area contributed by atoms with Gasteiger partial charge in [0, 0.05) is 5.38 Å². The topological polar surface area (TPSA) is 0 Å². The summed E-state index contributed by atoms with van der Waals surface area (Å²) in [5.41, 5.74) is 0. The van der Waals surface area contributed by atoms with E-state index in [1.807, 2.05) is 0 Å². The van der Waals surface area contributed by atoms with E-state index in [4.69, 9.17) is 11.6 Å². The van der Waals surface area contributed by atoms with Gasteiger partial charge in [-0.25, -0.2) is 0 Å². The van der Waals surface area contributed by atoms with Crippen molar-refractivity contribution in [2.45, 2.75) is 89.4 Å².